The predicted octanol–water partition coefficient (Wildman–Crippen LogP) is 3.86. The van der Waals surface area contributed by atoms with E-state index in [1.54, 1.807) is 29.1 Å². The van der Waals surface area contributed by atoms with Gasteiger partial charge in [-0.3, -0.25) is 14.3 Å². The van der Waals surface area contributed by atoms with Gasteiger partial charge in [0.05, 0.1) is 5.69 Å². The number of nitrogens with zero attached hydrogens (tertiary/aromatic N) is 2. The molecule has 0 bridgehead atoms. The van der Waals surface area contributed by atoms with Gasteiger partial charge in [-0.25, -0.2) is 0 Å². The normalized spacial score (nSPS) is 10.4. The fraction of sp³-hybridized carbons (Fsp3) is 0.190. The summed E-state index contributed by atoms with van der Waals surface area (Å²) in [6.07, 6.45) is 1.64. The van der Waals surface area contributed by atoms with E-state index in [1.165, 1.54) is 7.05 Å². The second-order valence-electron chi connectivity index (χ2n) is 6.22. The maximum absolute atomic E-state index is 12.7. The van der Waals surface area contributed by atoms with Gasteiger partial charge >= 0.3 is 0 Å². The molecule has 0 aliphatic rings. The summed E-state index contributed by atoms with van der Waals surface area (Å²) in [5, 5.41) is 9.51. The van der Waals surface area contributed by atoms with E-state index in [-0.39, 0.29) is 17.5 Å². The number of carbonyl (C=O) groups is 2. The molecule has 0 saturated heterocycles. The van der Waals surface area contributed by atoms with Gasteiger partial charge in [0, 0.05) is 29.8 Å². The molecule has 0 atom stereocenters. The molecule has 3 aromatic rings. The van der Waals surface area contributed by atoms with Crippen LogP contribution in [0.3, 0.4) is 0 Å². The van der Waals surface area contributed by atoms with Crippen molar-refractivity contribution < 1.29 is 14.3 Å². The Hall–Kier alpha value is -3.13. The number of nitrogens with one attached hydrogen (secondary N) is 2. The summed E-state index contributed by atoms with van der Waals surface area (Å²) in [7, 11) is 1.52. The number of aryl methyl sites for hydroxylation is 1. The number of ether oxygens (including phenoxy) is 1. The van der Waals surface area contributed by atoms with Crippen LogP contribution in [0.2, 0.25) is 0 Å². The smallest absolute Gasteiger partial charge is 0.273 e. The summed E-state index contributed by atoms with van der Waals surface area (Å²) >= 11 is 3.39. The first-order valence-corrected chi connectivity index (χ1v) is 9.87. The molecule has 1 aromatic heterocycles. The summed E-state index contributed by atoms with van der Waals surface area (Å²) in [4.78, 5) is 24.7. The first kappa shape index (κ1) is 20.6. The maximum atomic E-state index is 12.7. The molecule has 7 nitrogen and oxygen atoms in total. The molecular weight excluding hydrogens is 436 g/mol. The Balaban J connectivity index is 1.72. The van der Waals surface area contributed by atoms with Crippen LogP contribution in [0, 0.1) is 0 Å². The number of rotatable bonds is 7. The van der Waals surface area contributed by atoms with Gasteiger partial charge in [0.15, 0.2) is 5.69 Å². The van der Waals surface area contributed by atoms with Crippen molar-refractivity contribution in [2.24, 2.45) is 0 Å². The second kappa shape index (κ2) is 9.38. The van der Waals surface area contributed by atoms with Crippen molar-refractivity contribution in [3.8, 4) is 5.75 Å². The van der Waals surface area contributed by atoms with E-state index in [0.717, 1.165) is 15.8 Å². The van der Waals surface area contributed by atoms with E-state index < -0.39 is 0 Å². The zero-order valence-electron chi connectivity index (χ0n) is 16.1. The Morgan fingerprint density at radius 1 is 1.14 bits per heavy atom. The van der Waals surface area contributed by atoms with Crippen molar-refractivity contribution >= 4 is 33.4 Å². The maximum Gasteiger partial charge on any atom is 0.273 e. The summed E-state index contributed by atoms with van der Waals surface area (Å²) in [6, 6.07) is 14.7. The lowest BCUT2D eigenvalue weighted by Gasteiger charge is -2.09. The fourth-order valence-electron chi connectivity index (χ4n) is 2.66. The molecule has 29 heavy (non-hydrogen) atoms. The Labute approximate surface area is 177 Å². The zero-order chi connectivity index (χ0) is 20.8. The molecule has 2 N–H and O–H groups in total. The van der Waals surface area contributed by atoms with E-state index in [1.807, 2.05) is 37.3 Å². The number of amides is 2. The largest absolute Gasteiger partial charge is 0.489 e. The van der Waals surface area contributed by atoms with Crippen molar-refractivity contribution in [2.45, 2.75) is 20.1 Å². The number of benzene rings is 2. The van der Waals surface area contributed by atoms with Crippen molar-refractivity contribution in [1.82, 2.24) is 15.1 Å². The summed E-state index contributed by atoms with van der Waals surface area (Å²) in [5.74, 6) is 0.0608. The highest BCUT2D eigenvalue weighted by atomic mass is 79.9. The fourth-order valence-corrected chi connectivity index (χ4v) is 2.92. The molecule has 0 spiro atoms. The highest BCUT2D eigenvalue weighted by Crippen LogP contribution is 2.19. The molecule has 0 radical (unpaired) electrons. The number of anilines is 1. The minimum atomic E-state index is -0.357. The average molecular weight is 457 g/mol. The van der Waals surface area contributed by atoms with Crippen molar-refractivity contribution in [3.05, 3.63) is 76.0 Å². The molecule has 3 rings (SSSR count). The van der Waals surface area contributed by atoms with Crippen molar-refractivity contribution in [2.75, 3.05) is 12.4 Å². The quantitative estimate of drug-likeness (QED) is 0.565. The van der Waals surface area contributed by atoms with Gasteiger partial charge in [0.25, 0.3) is 11.8 Å². The molecule has 150 valence electrons. The Morgan fingerprint density at radius 3 is 2.59 bits per heavy atom. The van der Waals surface area contributed by atoms with Gasteiger partial charge < -0.3 is 15.4 Å². The second-order valence-corrected chi connectivity index (χ2v) is 7.14. The SMILES string of the molecule is CCn1cc(NC(=O)c2cccc(COc3ccc(Br)cc3)c2)c(C(=O)NC)n1. The van der Waals surface area contributed by atoms with Crippen LogP contribution in [0.15, 0.2) is 59.2 Å². The van der Waals surface area contributed by atoms with E-state index in [4.69, 9.17) is 4.74 Å². The topological polar surface area (TPSA) is 85.2 Å². The standard InChI is InChI=1S/C21H21BrN4O3/c1-3-26-12-18(19(25-26)21(28)23-2)24-20(27)15-6-4-5-14(11-15)13-29-17-9-7-16(22)8-10-17/h4-12H,3,13H2,1-2H3,(H,23,28)(H,24,27). The van der Waals surface area contributed by atoms with Crippen molar-refractivity contribution in [3.63, 3.8) is 0 Å². The third-order valence-corrected chi connectivity index (χ3v) is 4.71. The third kappa shape index (κ3) is 5.23. The molecule has 1 heterocycles. The molecule has 2 aromatic carbocycles. The number of aromatic nitrogens is 2. The third-order valence-electron chi connectivity index (χ3n) is 4.18. The van der Waals surface area contributed by atoms with Crippen LogP contribution in [0.4, 0.5) is 5.69 Å². The zero-order valence-corrected chi connectivity index (χ0v) is 17.7. The number of carbonyl (C=O) groups excluding carboxylic acids is 2. The average Bonchev–Trinajstić information content (AvgIpc) is 3.16. The Morgan fingerprint density at radius 2 is 1.90 bits per heavy atom. The van der Waals surface area contributed by atoms with E-state index in [2.05, 4.69) is 31.7 Å². The van der Waals surface area contributed by atoms with Crippen molar-refractivity contribution in [1.29, 1.82) is 0 Å². The summed E-state index contributed by atoms with van der Waals surface area (Å²) < 4.78 is 8.34. The monoisotopic (exact) mass is 456 g/mol. The number of halogens is 1. The lowest BCUT2D eigenvalue weighted by Crippen LogP contribution is -2.21. The highest BCUT2D eigenvalue weighted by molar-refractivity contribution is 9.10. The first-order valence-electron chi connectivity index (χ1n) is 9.08. The van der Waals surface area contributed by atoms with Gasteiger partial charge in [0.2, 0.25) is 0 Å². The van der Waals surface area contributed by atoms with Crippen LogP contribution in [0.5, 0.6) is 5.75 Å². The minimum absolute atomic E-state index is 0.178. The van der Waals surface area contributed by atoms with Gasteiger partial charge in [-0.15, -0.1) is 0 Å². The van der Waals surface area contributed by atoms with E-state index in [0.29, 0.717) is 24.4 Å². The number of hydrogen-bond acceptors (Lipinski definition) is 4. The van der Waals surface area contributed by atoms with Crippen LogP contribution in [-0.2, 0) is 13.2 Å². The lowest BCUT2D eigenvalue weighted by molar-refractivity contribution is 0.0958. The molecule has 0 saturated carbocycles. The first-order chi connectivity index (χ1) is 14.0. The molecule has 8 heteroatoms. The Bertz CT molecular complexity index is 1020. The van der Waals surface area contributed by atoms with Crippen LogP contribution in [0.25, 0.3) is 0 Å². The van der Waals surface area contributed by atoms with Crippen LogP contribution >= 0.6 is 15.9 Å². The highest BCUT2D eigenvalue weighted by Gasteiger charge is 2.18. The van der Waals surface area contributed by atoms with Crippen LogP contribution in [0.1, 0.15) is 33.3 Å². The lowest BCUT2D eigenvalue weighted by atomic mass is 10.1. The molecule has 0 unspecified atom stereocenters. The van der Waals surface area contributed by atoms with Gasteiger partial charge in [-0.2, -0.15) is 5.10 Å². The van der Waals surface area contributed by atoms with Crippen LogP contribution < -0.4 is 15.4 Å². The van der Waals surface area contributed by atoms with E-state index in [9.17, 15) is 9.59 Å². The predicted molar refractivity (Wildman–Crippen MR) is 114 cm³/mol. The molecule has 0 fully saturated rings. The molecule has 0 aliphatic heterocycles. The molecule has 2 amide bonds. The number of hydrogen-bond donors (Lipinski definition) is 2. The summed E-state index contributed by atoms with van der Waals surface area (Å²) in [6.45, 7) is 2.82. The van der Waals surface area contributed by atoms with Crippen LogP contribution in [-0.4, -0.2) is 28.6 Å². The Kier molecular flexibility index (Phi) is 6.66. The van der Waals surface area contributed by atoms with Gasteiger partial charge in [0.1, 0.15) is 12.4 Å². The minimum Gasteiger partial charge on any atom is -0.489 e. The molecule has 0 aliphatic carbocycles. The summed E-state index contributed by atoms with van der Waals surface area (Å²) in [5.41, 5.74) is 1.87. The van der Waals surface area contributed by atoms with Gasteiger partial charge in [-0.1, -0.05) is 28.1 Å². The molecular formula is C21H21BrN4O3. The van der Waals surface area contributed by atoms with Gasteiger partial charge in [-0.05, 0) is 48.9 Å². The van der Waals surface area contributed by atoms with E-state index >= 15 is 0 Å².